The molecular weight excluding hydrogens is 234 g/mol. The van der Waals surface area contributed by atoms with Gasteiger partial charge in [-0.15, -0.1) is 0 Å². The van der Waals surface area contributed by atoms with E-state index in [1.54, 1.807) is 0 Å². The maximum atomic E-state index is 10.6. The smallest absolute Gasteiger partial charge is 0.291 e. The van der Waals surface area contributed by atoms with Crippen molar-refractivity contribution in [3.63, 3.8) is 0 Å². The van der Waals surface area contributed by atoms with E-state index in [4.69, 9.17) is 4.74 Å². The van der Waals surface area contributed by atoms with Gasteiger partial charge in [-0.2, -0.15) is 0 Å². The predicted molar refractivity (Wildman–Crippen MR) is 52.1 cm³/mol. The fourth-order valence-corrected chi connectivity index (χ4v) is 1.51. The zero-order valence-corrected chi connectivity index (χ0v) is 8.35. The Balaban J connectivity index is 2.38. The van der Waals surface area contributed by atoms with Gasteiger partial charge in [-0.3, -0.25) is 20.2 Å². The predicted octanol–water partition coefficient (Wildman–Crippen LogP) is 0.0609. The maximum Gasteiger partial charge on any atom is 0.291 e. The molecule has 1 aliphatic heterocycles. The molecule has 0 amide bonds. The first-order chi connectivity index (χ1) is 8.00. The third kappa shape index (κ3) is 1.87. The van der Waals surface area contributed by atoms with Gasteiger partial charge in [0.05, 0.1) is 11.0 Å². The zero-order chi connectivity index (χ0) is 12.6. The van der Waals surface area contributed by atoms with Crippen LogP contribution >= 0.6 is 0 Å². The molecule has 90 valence electrons. The highest BCUT2D eigenvalue weighted by atomic mass is 16.6. The molecule has 1 aliphatic rings. The van der Waals surface area contributed by atoms with Crippen LogP contribution in [0, 0.1) is 20.2 Å². The molecule has 1 aromatic rings. The van der Waals surface area contributed by atoms with Gasteiger partial charge in [0.15, 0.2) is 18.5 Å². The quantitative estimate of drug-likeness (QED) is 0.572. The van der Waals surface area contributed by atoms with E-state index in [0.29, 0.717) is 0 Å². The number of pyridine rings is 1. The van der Waals surface area contributed by atoms with Crippen LogP contribution in [0.5, 0.6) is 5.75 Å². The van der Waals surface area contributed by atoms with Crippen molar-refractivity contribution in [2.24, 2.45) is 0 Å². The molecule has 0 spiro atoms. The first-order valence-electron chi connectivity index (χ1n) is 4.59. The van der Waals surface area contributed by atoms with Crippen LogP contribution in [0.4, 0.5) is 5.69 Å². The van der Waals surface area contributed by atoms with Crippen LogP contribution in [0.15, 0.2) is 12.3 Å². The van der Waals surface area contributed by atoms with Gasteiger partial charge in [0.1, 0.15) is 11.9 Å². The minimum Gasteiger partial charge on any atom is -0.484 e. The summed E-state index contributed by atoms with van der Waals surface area (Å²) in [5.74, 6) is 0.00444. The Morgan fingerprint density at radius 2 is 2.18 bits per heavy atom. The topological polar surface area (TPSA) is 129 Å². The van der Waals surface area contributed by atoms with Crippen molar-refractivity contribution in [3.8, 4) is 5.75 Å². The van der Waals surface area contributed by atoms with Crippen LogP contribution in [0.25, 0.3) is 0 Å². The lowest BCUT2D eigenvalue weighted by Crippen LogP contribution is -2.37. The molecule has 2 atom stereocenters. The number of aliphatic hydroxyl groups is 1. The fourth-order valence-electron chi connectivity index (χ4n) is 1.51. The SMILES string of the molecule is O=[N+]([O-])c1cnc2c(c1)OC[C@H]([N+](=O)[O-])[C@H]2O. The molecule has 1 aromatic heterocycles. The Morgan fingerprint density at radius 3 is 2.76 bits per heavy atom. The number of fused-ring (bicyclic) bond motifs is 1. The number of rotatable bonds is 2. The third-order valence-electron chi connectivity index (χ3n) is 2.40. The van der Waals surface area contributed by atoms with Gasteiger partial charge in [-0.05, 0) is 0 Å². The number of ether oxygens (including phenoxy) is 1. The van der Waals surface area contributed by atoms with E-state index in [-0.39, 0.29) is 23.7 Å². The van der Waals surface area contributed by atoms with Crippen molar-refractivity contribution in [1.29, 1.82) is 0 Å². The highest BCUT2D eigenvalue weighted by Crippen LogP contribution is 2.33. The highest BCUT2D eigenvalue weighted by Gasteiger charge is 2.39. The van der Waals surface area contributed by atoms with Crippen LogP contribution in [0.3, 0.4) is 0 Å². The molecule has 1 N–H and O–H groups in total. The number of hydrogen-bond donors (Lipinski definition) is 1. The summed E-state index contributed by atoms with van der Waals surface area (Å²) in [6.45, 7) is -0.343. The summed E-state index contributed by atoms with van der Waals surface area (Å²) in [4.78, 5) is 23.4. The molecule has 0 fully saturated rings. The number of hydrogen-bond acceptors (Lipinski definition) is 7. The normalized spacial score (nSPS) is 22.4. The van der Waals surface area contributed by atoms with E-state index < -0.39 is 22.0 Å². The molecule has 2 rings (SSSR count). The van der Waals surface area contributed by atoms with Crippen molar-refractivity contribution in [2.75, 3.05) is 6.61 Å². The van der Waals surface area contributed by atoms with Crippen molar-refractivity contribution in [3.05, 3.63) is 38.2 Å². The summed E-state index contributed by atoms with van der Waals surface area (Å²) in [5.41, 5.74) is -0.348. The van der Waals surface area contributed by atoms with Gasteiger partial charge in [-0.1, -0.05) is 0 Å². The molecule has 0 saturated carbocycles. The van der Waals surface area contributed by atoms with E-state index in [1.165, 1.54) is 0 Å². The molecule has 9 nitrogen and oxygen atoms in total. The van der Waals surface area contributed by atoms with Gasteiger partial charge >= 0.3 is 0 Å². The Labute approximate surface area is 94.0 Å². The summed E-state index contributed by atoms with van der Waals surface area (Å²) in [6, 6.07) is -0.224. The molecular formula is C8H7N3O6. The third-order valence-corrected chi connectivity index (χ3v) is 2.40. The van der Waals surface area contributed by atoms with Crippen molar-refractivity contribution in [1.82, 2.24) is 4.98 Å². The van der Waals surface area contributed by atoms with E-state index in [1.807, 2.05) is 0 Å². The van der Waals surface area contributed by atoms with Crippen LogP contribution in [0.2, 0.25) is 0 Å². The lowest BCUT2D eigenvalue weighted by Gasteiger charge is -2.23. The number of aliphatic hydroxyl groups excluding tert-OH is 1. The van der Waals surface area contributed by atoms with E-state index in [9.17, 15) is 25.3 Å². The Hall–Kier alpha value is -2.29. The van der Waals surface area contributed by atoms with Gasteiger partial charge in [0.2, 0.25) is 0 Å². The van der Waals surface area contributed by atoms with Crippen LogP contribution in [-0.4, -0.2) is 32.6 Å². The van der Waals surface area contributed by atoms with Gasteiger partial charge in [0, 0.05) is 4.92 Å². The molecule has 0 unspecified atom stereocenters. The Morgan fingerprint density at radius 1 is 1.47 bits per heavy atom. The van der Waals surface area contributed by atoms with Gasteiger partial charge in [0.25, 0.3) is 11.7 Å². The molecule has 0 saturated heterocycles. The van der Waals surface area contributed by atoms with Gasteiger partial charge < -0.3 is 9.84 Å². The van der Waals surface area contributed by atoms with Crippen LogP contribution in [-0.2, 0) is 0 Å². The van der Waals surface area contributed by atoms with E-state index in [2.05, 4.69) is 4.98 Å². The van der Waals surface area contributed by atoms with E-state index >= 15 is 0 Å². The van der Waals surface area contributed by atoms with Crippen molar-refractivity contribution < 1.29 is 19.7 Å². The monoisotopic (exact) mass is 241 g/mol. The van der Waals surface area contributed by atoms with E-state index in [0.717, 1.165) is 12.3 Å². The van der Waals surface area contributed by atoms with Gasteiger partial charge in [-0.25, -0.2) is 4.98 Å². The Bertz CT molecular complexity index is 490. The zero-order valence-electron chi connectivity index (χ0n) is 8.35. The summed E-state index contributed by atoms with van der Waals surface area (Å²) in [6.07, 6.45) is -0.497. The lowest BCUT2D eigenvalue weighted by atomic mass is 10.1. The second kappa shape index (κ2) is 3.94. The summed E-state index contributed by atoms with van der Waals surface area (Å²) in [7, 11) is 0. The Kier molecular flexibility index (Phi) is 2.60. The first kappa shape index (κ1) is 11.2. The summed E-state index contributed by atoms with van der Waals surface area (Å²) >= 11 is 0. The average molecular weight is 241 g/mol. The molecule has 0 radical (unpaired) electrons. The van der Waals surface area contributed by atoms with Crippen LogP contribution in [0.1, 0.15) is 11.8 Å². The van der Waals surface area contributed by atoms with Crippen molar-refractivity contribution >= 4 is 5.69 Å². The minimum atomic E-state index is -1.42. The fraction of sp³-hybridized carbons (Fsp3) is 0.375. The van der Waals surface area contributed by atoms with Crippen LogP contribution < -0.4 is 4.74 Å². The molecule has 0 bridgehead atoms. The number of nitro groups is 2. The van der Waals surface area contributed by atoms with Crippen molar-refractivity contribution in [2.45, 2.75) is 12.1 Å². The largest absolute Gasteiger partial charge is 0.484 e. The molecule has 2 heterocycles. The summed E-state index contributed by atoms with van der Waals surface area (Å²) in [5, 5.41) is 30.7. The molecule has 17 heavy (non-hydrogen) atoms. The minimum absolute atomic E-state index is 0.00444. The maximum absolute atomic E-state index is 10.6. The molecule has 9 heteroatoms. The molecule has 0 aliphatic carbocycles. The average Bonchev–Trinajstić information content (AvgIpc) is 2.28. The lowest BCUT2D eigenvalue weighted by molar-refractivity contribution is -0.539. The second-order valence-corrected chi connectivity index (χ2v) is 3.44. The number of nitrogens with zero attached hydrogens (tertiary/aromatic N) is 3. The standard InChI is InChI=1S/C8H7N3O6/c12-8-5(11(15)16)3-17-6-1-4(10(13)14)2-9-7(6)8/h1-2,5,8,12H,3H2/t5-,8+/m0/s1. The summed E-state index contributed by atoms with van der Waals surface area (Å²) < 4.78 is 4.99. The molecule has 0 aromatic carbocycles. The second-order valence-electron chi connectivity index (χ2n) is 3.44. The first-order valence-corrected chi connectivity index (χ1v) is 4.59. The number of aromatic nitrogens is 1. The highest BCUT2D eigenvalue weighted by molar-refractivity contribution is 5.41.